The van der Waals surface area contributed by atoms with Gasteiger partial charge in [-0.3, -0.25) is 9.69 Å². The number of carbonyl (C=O) groups is 2. The maximum Gasteiger partial charge on any atom is 0.337 e. The number of anilines is 1. The molecule has 2 aromatic rings. The van der Waals surface area contributed by atoms with E-state index in [2.05, 4.69) is 10.2 Å². The molecule has 1 heterocycles. The third-order valence-corrected chi connectivity index (χ3v) is 7.13. The van der Waals surface area contributed by atoms with Crippen LogP contribution in [-0.4, -0.2) is 68.5 Å². The van der Waals surface area contributed by atoms with Crippen molar-refractivity contribution < 1.29 is 22.7 Å². The largest absolute Gasteiger partial charge is 0.465 e. The average Bonchev–Trinajstić information content (AvgIpc) is 2.79. The molecule has 1 saturated heterocycles. The van der Waals surface area contributed by atoms with Gasteiger partial charge in [0.1, 0.15) is 0 Å². The second-order valence-corrected chi connectivity index (χ2v) is 9.56. The highest BCUT2D eigenvalue weighted by atomic mass is 32.2. The Labute approximate surface area is 182 Å². The van der Waals surface area contributed by atoms with Gasteiger partial charge in [0.25, 0.3) is 5.91 Å². The third-order valence-electron chi connectivity index (χ3n) is 5.25. The number of nitrogens with one attached hydrogen (secondary N) is 1. The summed E-state index contributed by atoms with van der Waals surface area (Å²) >= 11 is 0. The van der Waals surface area contributed by atoms with E-state index in [9.17, 15) is 18.0 Å². The SMILES string of the molecule is CCS(=O)(=O)N1CCN(Cc2ccc(C(=O)Nc3cccc(C(=O)OC)c3)cc2)CC1. The van der Waals surface area contributed by atoms with E-state index < -0.39 is 16.0 Å². The number of nitrogens with zero attached hydrogens (tertiary/aromatic N) is 2. The fourth-order valence-electron chi connectivity index (χ4n) is 3.41. The first-order chi connectivity index (χ1) is 14.8. The van der Waals surface area contributed by atoms with Gasteiger partial charge in [0.15, 0.2) is 0 Å². The van der Waals surface area contributed by atoms with E-state index in [1.807, 2.05) is 12.1 Å². The van der Waals surface area contributed by atoms with Gasteiger partial charge >= 0.3 is 5.97 Å². The van der Waals surface area contributed by atoms with Gasteiger partial charge in [0.05, 0.1) is 18.4 Å². The van der Waals surface area contributed by atoms with Gasteiger partial charge in [-0.25, -0.2) is 13.2 Å². The van der Waals surface area contributed by atoms with Crippen molar-refractivity contribution in [1.29, 1.82) is 0 Å². The summed E-state index contributed by atoms with van der Waals surface area (Å²) in [4.78, 5) is 26.4. The Morgan fingerprint density at radius 2 is 1.68 bits per heavy atom. The third kappa shape index (κ3) is 5.90. The second kappa shape index (κ2) is 10.0. The molecular weight excluding hydrogens is 418 g/mol. The number of ether oxygens (including phenoxy) is 1. The molecule has 1 amide bonds. The minimum atomic E-state index is -3.13. The molecule has 9 heteroatoms. The summed E-state index contributed by atoms with van der Waals surface area (Å²) in [5.74, 6) is -0.607. The fraction of sp³-hybridized carbons (Fsp3) is 0.364. The number of hydrogen-bond acceptors (Lipinski definition) is 6. The molecule has 0 unspecified atom stereocenters. The van der Waals surface area contributed by atoms with Crippen LogP contribution in [0, 0.1) is 0 Å². The number of hydrogen-bond donors (Lipinski definition) is 1. The standard InChI is InChI=1S/C22H27N3O5S/c1-3-31(28,29)25-13-11-24(12-14-25)16-17-7-9-18(10-8-17)21(26)23-20-6-4-5-19(15-20)22(27)30-2/h4-10,15H,3,11-14,16H2,1-2H3,(H,23,26). The van der Waals surface area contributed by atoms with Crippen molar-refractivity contribution in [3.63, 3.8) is 0 Å². The number of sulfonamides is 1. The predicted octanol–water partition coefficient (Wildman–Crippen LogP) is 2.19. The lowest BCUT2D eigenvalue weighted by Crippen LogP contribution is -2.48. The molecule has 1 fully saturated rings. The highest BCUT2D eigenvalue weighted by Gasteiger charge is 2.25. The zero-order valence-electron chi connectivity index (χ0n) is 17.7. The lowest BCUT2D eigenvalue weighted by molar-refractivity contribution is 0.0600. The van der Waals surface area contributed by atoms with Crippen molar-refractivity contribution in [2.75, 3.05) is 44.4 Å². The van der Waals surface area contributed by atoms with Crippen LogP contribution in [0.15, 0.2) is 48.5 Å². The molecule has 8 nitrogen and oxygen atoms in total. The summed E-state index contributed by atoms with van der Waals surface area (Å²) in [6, 6.07) is 13.9. The molecule has 31 heavy (non-hydrogen) atoms. The lowest BCUT2D eigenvalue weighted by Gasteiger charge is -2.33. The summed E-state index contributed by atoms with van der Waals surface area (Å²) in [7, 11) is -1.82. The van der Waals surface area contributed by atoms with Gasteiger partial charge in [-0.1, -0.05) is 18.2 Å². The molecular formula is C22H27N3O5S. The number of carbonyl (C=O) groups excluding carboxylic acids is 2. The summed E-state index contributed by atoms with van der Waals surface area (Å²) in [5.41, 5.74) is 2.43. The van der Waals surface area contributed by atoms with Crippen molar-refractivity contribution in [3.8, 4) is 0 Å². The van der Waals surface area contributed by atoms with Gasteiger partial charge < -0.3 is 10.1 Å². The number of piperazine rings is 1. The monoisotopic (exact) mass is 445 g/mol. The summed E-state index contributed by atoms with van der Waals surface area (Å²) in [5, 5.41) is 2.78. The second-order valence-electron chi connectivity index (χ2n) is 7.30. The molecule has 0 saturated carbocycles. The molecule has 0 atom stereocenters. The highest BCUT2D eigenvalue weighted by molar-refractivity contribution is 7.89. The molecule has 166 valence electrons. The Bertz CT molecular complexity index is 1030. The number of esters is 1. The van der Waals surface area contributed by atoms with Crippen LogP contribution >= 0.6 is 0 Å². The van der Waals surface area contributed by atoms with Crippen LogP contribution in [0.2, 0.25) is 0 Å². The molecule has 2 aromatic carbocycles. The Hall–Kier alpha value is -2.75. The van der Waals surface area contributed by atoms with Crippen LogP contribution in [0.3, 0.4) is 0 Å². The van der Waals surface area contributed by atoms with Crippen LogP contribution in [0.1, 0.15) is 33.2 Å². The van der Waals surface area contributed by atoms with Crippen LogP contribution < -0.4 is 5.32 Å². The molecule has 3 rings (SSSR count). The molecule has 0 bridgehead atoms. The van der Waals surface area contributed by atoms with E-state index in [1.54, 1.807) is 47.6 Å². The number of methoxy groups -OCH3 is 1. The molecule has 1 aliphatic rings. The van der Waals surface area contributed by atoms with Gasteiger partial charge in [0.2, 0.25) is 10.0 Å². The van der Waals surface area contributed by atoms with Crippen LogP contribution in [0.25, 0.3) is 0 Å². The fourth-order valence-corrected chi connectivity index (χ4v) is 4.50. The first kappa shape index (κ1) is 22.9. The van der Waals surface area contributed by atoms with Gasteiger partial charge in [-0.05, 0) is 42.8 Å². The minimum absolute atomic E-state index is 0.128. The molecule has 0 spiro atoms. The van der Waals surface area contributed by atoms with E-state index in [-0.39, 0.29) is 11.7 Å². The zero-order valence-corrected chi connectivity index (χ0v) is 18.5. The summed E-state index contributed by atoms with van der Waals surface area (Å²) < 4.78 is 30.2. The molecule has 1 aliphatic heterocycles. The Morgan fingerprint density at radius 3 is 2.29 bits per heavy atom. The maximum absolute atomic E-state index is 12.5. The van der Waals surface area contributed by atoms with Gasteiger partial charge in [0, 0.05) is 44.0 Å². The summed E-state index contributed by atoms with van der Waals surface area (Å²) in [6.45, 7) is 4.72. The van der Waals surface area contributed by atoms with Crippen molar-refractivity contribution in [2.45, 2.75) is 13.5 Å². The first-order valence-electron chi connectivity index (χ1n) is 10.1. The minimum Gasteiger partial charge on any atom is -0.465 e. The quantitative estimate of drug-likeness (QED) is 0.657. The van der Waals surface area contributed by atoms with E-state index in [0.29, 0.717) is 49.5 Å². The van der Waals surface area contributed by atoms with E-state index in [1.165, 1.54) is 7.11 Å². The molecule has 0 aliphatic carbocycles. The number of amides is 1. The van der Waals surface area contributed by atoms with Crippen molar-refractivity contribution >= 4 is 27.6 Å². The van der Waals surface area contributed by atoms with Crippen LogP contribution in [-0.2, 0) is 21.3 Å². The first-order valence-corrected chi connectivity index (χ1v) is 11.7. The van der Waals surface area contributed by atoms with Crippen molar-refractivity contribution in [1.82, 2.24) is 9.21 Å². The summed E-state index contributed by atoms with van der Waals surface area (Å²) in [6.07, 6.45) is 0. The Morgan fingerprint density at radius 1 is 1.00 bits per heavy atom. The predicted molar refractivity (Wildman–Crippen MR) is 118 cm³/mol. The Balaban J connectivity index is 1.56. The zero-order chi connectivity index (χ0) is 22.4. The molecule has 0 radical (unpaired) electrons. The number of benzene rings is 2. The molecule has 0 aromatic heterocycles. The average molecular weight is 446 g/mol. The van der Waals surface area contributed by atoms with Crippen molar-refractivity contribution in [2.24, 2.45) is 0 Å². The van der Waals surface area contributed by atoms with Crippen LogP contribution in [0.4, 0.5) is 5.69 Å². The van der Waals surface area contributed by atoms with Gasteiger partial charge in [-0.2, -0.15) is 4.31 Å². The smallest absolute Gasteiger partial charge is 0.337 e. The highest BCUT2D eigenvalue weighted by Crippen LogP contribution is 2.15. The van der Waals surface area contributed by atoms with Crippen LogP contribution in [0.5, 0.6) is 0 Å². The molecule has 1 N–H and O–H groups in total. The van der Waals surface area contributed by atoms with E-state index >= 15 is 0 Å². The van der Waals surface area contributed by atoms with Crippen molar-refractivity contribution in [3.05, 3.63) is 65.2 Å². The van der Waals surface area contributed by atoms with Gasteiger partial charge in [-0.15, -0.1) is 0 Å². The number of rotatable bonds is 7. The van der Waals surface area contributed by atoms with E-state index in [4.69, 9.17) is 4.74 Å². The Kier molecular flexibility index (Phi) is 7.42. The normalized spacial score (nSPS) is 15.4. The topological polar surface area (TPSA) is 96.0 Å². The lowest BCUT2D eigenvalue weighted by atomic mass is 10.1. The maximum atomic E-state index is 12.5. The van der Waals surface area contributed by atoms with E-state index in [0.717, 1.165) is 5.56 Å².